The number of carboxylic acid groups (broad SMARTS) is 1. The molecular weight excluding hydrogens is 260 g/mol. The molecule has 3 N–H and O–H groups in total. The normalized spacial score (nSPS) is 22.1. The van der Waals surface area contributed by atoms with E-state index < -0.39 is 12.0 Å². The highest BCUT2D eigenvalue weighted by atomic mass is 16.4. The second-order valence-electron chi connectivity index (χ2n) is 5.49. The van der Waals surface area contributed by atoms with Crippen LogP contribution in [0.15, 0.2) is 0 Å². The summed E-state index contributed by atoms with van der Waals surface area (Å²) in [5.41, 5.74) is 0. The Morgan fingerprint density at radius 1 is 1.10 bits per heavy atom. The van der Waals surface area contributed by atoms with Gasteiger partial charge in [0.1, 0.15) is 0 Å². The molecule has 1 saturated carbocycles. The van der Waals surface area contributed by atoms with Crippen LogP contribution in [0.5, 0.6) is 0 Å². The number of rotatable bonds is 6. The van der Waals surface area contributed by atoms with E-state index in [1.54, 1.807) is 0 Å². The van der Waals surface area contributed by atoms with Gasteiger partial charge < -0.3 is 10.4 Å². The number of carbonyl (C=O) groups excluding carboxylic acids is 2. The third kappa shape index (κ3) is 6.54. The molecule has 0 aromatic carbocycles. The monoisotopic (exact) mass is 284 g/mol. The Labute approximate surface area is 119 Å². The average Bonchev–Trinajstić information content (AvgIpc) is 2.37. The van der Waals surface area contributed by atoms with Crippen LogP contribution in [0.25, 0.3) is 0 Å². The van der Waals surface area contributed by atoms with Crippen LogP contribution < -0.4 is 10.6 Å². The number of nitrogens with one attached hydrogen (secondary N) is 2. The fourth-order valence-electron chi connectivity index (χ4n) is 2.49. The first-order chi connectivity index (χ1) is 9.49. The highest BCUT2D eigenvalue weighted by Crippen LogP contribution is 2.23. The van der Waals surface area contributed by atoms with Gasteiger partial charge in [-0.15, -0.1) is 0 Å². The minimum atomic E-state index is -0.866. The van der Waals surface area contributed by atoms with Crippen molar-refractivity contribution in [1.82, 2.24) is 10.6 Å². The van der Waals surface area contributed by atoms with Crippen molar-refractivity contribution in [1.29, 1.82) is 0 Å². The number of urea groups is 1. The molecule has 0 aliphatic heterocycles. The summed E-state index contributed by atoms with van der Waals surface area (Å²) < 4.78 is 0. The van der Waals surface area contributed by atoms with Crippen LogP contribution in [0.1, 0.15) is 58.3 Å². The van der Waals surface area contributed by atoms with Crippen molar-refractivity contribution in [2.24, 2.45) is 5.92 Å². The lowest BCUT2D eigenvalue weighted by Crippen LogP contribution is -2.47. The van der Waals surface area contributed by atoms with E-state index in [1.165, 1.54) is 6.42 Å². The van der Waals surface area contributed by atoms with Gasteiger partial charge in [-0.05, 0) is 31.6 Å². The summed E-state index contributed by atoms with van der Waals surface area (Å²) in [7, 11) is 0. The molecule has 1 fully saturated rings. The van der Waals surface area contributed by atoms with Gasteiger partial charge in [-0.2, -0.15) is 0 Å². The second kappa shape index (κ2) is 8.55. The number of hydrogen-bond donors (Lipinski definition) is 3. The Morgan fingerprint density at radius 3 is 2.40 bits per heavy atom. The van der Waals surface area contributed by atoms with Gasteiger partial charge in [-0.1, -0.05) is 19.8 Å². The molecule has 0 bridgehead atoms. The highest BCUT2D eigenvalue weighted by molar-refractivity contribution is 5.94. The number of hydrogen-bond acceptors (Lipinski definition) is 3. The third-order valence-electron chi connectivity index (χ3n) is 3.73. The SMILES string of the molecule is CC1CCCCC1NC(=O)NC(=O)CCCCC(=O)O. The first-order valence-corrected chi connectivity index (χ1v) is 7.31. The van der Waals surface area contributed by atoms with Gasteiger partial charge >= 0.3 is 12.0 Å². The molecule has 3 amide bonds. The number of carboxylic acids is 1. The van der Waals surface area contributed by atoms with Crippen molar-refractivity contribution >= 4 is 17.9 Å². The van der Waals surface area contributed by atoms with E-state index in [2.05, 4.69) is 17.6 Å². The van der Waals surface area contributed by atoms with Gasteiger partial charge in [0.2, 0.25) is 5.91 Å². The van der Waals surface area contributed by atoms with Crippen molar-refractivity contribution in [2.45, 2.75) is 64.3 Å². The van der Waals surface area contributed by atoms with Crippen LogP contribution in [0.2, 0.25) is 0 Å². The molecule has 0 radical (unpaired) electrons. The van der Waals surface area contributed by atoms with E-state index in [-0.39, 0.29) is 24.8 Å². The predicted octanol–water partition coefficient (Wildman–Crippen LogP) is 2.04. The maximum absolute atomic E-state index is 11.7. The fourth-order valence-corrected chi connectivity index (χ4v) is 2.49. The first kappa shape index (κ1) is 16.5. The summed E-state index contributed by atoms with van der Waals surface area (Å²) in [6.07, 6.45) is 5.53. The van der Waals surface area contributed by atoms with Crippen molar-refractivity contribution < 1.29 is 19.5 Å². The summed E-state index contributed by atoms with van der Waals surface area (Å²) in [4.78, 5) is 33.5. The van der Waals surface area contributed by atoms with Gasteiger partial charge in [0.25, 0.3) is 0 Å². The lowest BCUT2D eigenvalue weighted by atomic mass is 9.86. The summed E-state index contributed by atoms with van der Waals surface area (Å²) in [5.74, 6) is -0.772. The Kier molecular flexibility index (Phi) is 7.04. The Bertz CT molecular complexity index is 357. The summed E-state index contributed by atoms with van der Waals surface area (Å²) >= 11 is 0. The average molecular weight is 284 g/mol. The third-order valence-corrected chi connectivity index (χ3v) is 3.73. The Hall–Kier alpha value is -1.59. The van der Waals surface area contributed by atoms with E-state index in [4.69, 9.17) is 5.11 Å². The Balaban J connectivity index is 2.17. The van der Waals surface area contributed by atoms with Gasteiger partial charge in [0, 0.05) is 18.9 Å². The predicted molar refractivity (Wildman–Crippen MR) is 74.2 cm³/mol. The molecule has 0 aromatic rings. The molecule has 2 atom stereocenters. The van der Waals surface area contributed by atoms with Crippen LogP contribution in [0, 0.1) is 5.92 Å². The number of unbranched alkanes of at least 4 members (excludes halogenated alkanes) is 1. The molecule has 0 spiro atoms. The van der Waals surface area contributed by atoms with Crippen molar-refractivity contribution in [3.8, 4) is 0 Å². The lowest BCUT2D eigenvalue weighted by molar-refractivity contribution is -0.137. The fraction of sp³-hybridized carbons (Fsp3) is 0.786. The van der Waals surface area contributed by atoms with E-state index in [9.17, 15) is 14.4 Å². The molecule has 0 heterocycles. The molecular formula is C14H24N2O4. The number of amides is 3. The van der Waals surface area contributed by atoms with Crippen LogP contribution >= 0.6 is 0 Å². The summed E-state index contributed by atoms with van der Waals surface area (Å²) in [6.45, 7) is 2.11. The zero-order chi connectivity index (χ0) is 15.0. The smallest absolute Gasteiger partial charge is 0.321 e. The molecule has 0 aromatic heterocycles. The minimum Gasteiger partial charge on any atom is -0.481 e. The van der Waals surface area contributed by atoms with Gasteiger partial charge in [0.15, 0.2) is 0 Å². The topological polar surface area (TPSA) is 95.5 Å². The van der Waals surface area contributed by atoms with Crippen LogP contribution in [-0.2, 0) is 9.59 Å². The lowest BCUT2D eigenvalue weighted by Gasteiger charge is -2.29. The number of aliphatic carboxylic acids is 1. The molecule has 1 aliphatic carbocycles. The van der Waals surface area contributed by atoms with Crippen molar-refractivity contribution in [3.63, 3.8) is 0 Å². The van der Waals surface area contributed by atoms with Gasteiger partial charge in [-0.25, -0.2) is 4.79 Å². The van der Waals surface area contributed by atoms with Crippen LogP contribution in [0.4, 0.5) is 4.79 Å². The minimum absolute atomic E-state index is 0.0546. The quantitative estimate of drug-likeness (QED) is 0.650. The Morgan fingerprint density at radius 2 is 1.75 bits per heavy atom. The molecule has 1 rings (SSSR count). The zero-order valence-corrected chi connectivity index (χ0v) is 12.0. The molecule has 0 saturated heterocycles. The highest BCUT2D eigenvalue weighted by Gasteiger charge is 2.23. The molecule has 6 nitrogen and oxygen atoms in total. The molecule has 6 heteroatoms. The molecule has 114 valence electrons. The van der Waals surface area contributed by atoms with E-state index in [0.29, 0.717) is 18.8 Å². The maximum Gasteiger partial charge on any atom is 0.321 e. The van der Waals surface area contributed by atoms with Crippen LogP contribution in [-0.4, -0.2) is 29.1 Å². The van der Waals surface area contributed by atoms with Crippen molar-refractivity contribution in [2.75, 3.05) is 0 Å². The van der Waals surface area contributed by atoms with Crippen LogP contribution in [0.3, 0.4) is 0 Å². The zero-order valence-electron chi connectivity index (χ0n) is 12.0. The summed E-state index contributed by atoms with van der Waals surface area (Å²) in [5, 5.41) is 13.6. The van der Waals surface area contributed by atoms with E-state index in [0.717, 1.165) is 19.3 Å². The van der Waals surface area contributed by atoms with Gasteiger partial charge in [-0.3, -0.25) is 14.9 Å². The molecule has 2 unspecified atom stereocenters. The first-order valence-electron chi connectivity index (χ1n) is 7.31. The summed E-state index contributed by atoms with van der Waals surface area (Å²) in [6, 6.07) is -0.296. The van der Waals surface area contributed by atoms with Gasteiger partial charge in [0.05, 0.1) is 0 Å². The van der Waals surface area contributed by atoms with E-state index in [1.807, 2.05) is 0 Å². The molecule has 20 heavy (non-hydrogen) atoms. The maximum atomic E-state index is 11.7. The number of carbonyl (C=O) groups is 3. The largest absolute Gasteiger partial charge is 0.481 e. The second-order valence-corrected chi connectivity index (χ2v) is 5.49. The van der Waals surface area contributed by atoms with E-state index >= 15 is 0 Å². The molecule has 1 aliphatic rings. The van der Waals surface area contributed by atoms with Crippen molar-refractivity contribution in [3.05, 3.63) is 0 Å². The standard InChI is InChI=1S/C14H24N2O4/c1-10-6-2-3-7-11(10)15-14(20)16-12(17)8-4-5-9-13(18)19/h10-11H,2-9H2,1H3,(H,18,19)(H2,15,16,17,20). The number of imide groups is 1.